The number of nitrogens with zero attached hydrogens (tertiary/aromatic N) is 2. The molecule has 7 heteroatoms. The third-order valence-corrected chi connectivity index (χ3v) is 6.34. The van der Waals surface area contributed by atoms with Crippen molar-refractivity contribution >= 4 is 29.0 Å². The van der Waals surface area contributed by atoms with Gasteiger partial charge in [0.1, 0.15) is 16.4 Å². The molecule has 1 saturated heterocycles. The van der Waals surface area contributed by atoms with Gasteiger partial charge >= 0.3 is 0 Å². The number of anilines is 1. The molecule has 31 heavy (non-hydrogen) atoms. The Labute approximate surface area is 185 Å². The van der Waals surface area contributed by atoms with E-state index >= 15 is 0 Å². The number of carbonyl (C=O) groups is 2. The van der Waals surface area contributed by atoms with Crippen molar-refractivity contribution in [3.8, 4) is 16.2 Å². The van der Waals surface area contributed by atoms with Crippen molar-refractivity contribution in [2.24, 2.45) is 0 Å². The fourth-order valence-corrected chi connectivity index (χ4v) is 4.54. The zero-order valence-electron chi connectivity index (χ0n) is 17.5. The summed E-state index contributed by atoms with van der Waals surface area (Å²) in [5, 5.41) is 2.84. The van der Waals surface area contributed by atoms with Gasteiger partial charge in [0.05, 0.1) is 0 Å². The summed E-state index contributed by atoms with van der Waals surface area (Å²) in [7, 11) is 0. The molecule has 1 aliphatic heterocycles. The molecule has 4 rings (SSSR count). The van der Waals surface area contributed by atoms with Crippen LogP contribution in [0.5, 0.6) is 5.75 Å². The van der Waals surface area contributed by atoms with E-state index in [1.807, 2.05) is 60.4 Å². The molecule has 1 fully saturated rings. The fourth-order valence-electron chi connectivity index (χ4n) is 3.54. The standard InChI is InChI=1S/C24H25N3O3S/c1-17-10-11-25-21(14-17)26-24(29)23-19(15-20(31-23)18-8-4-2-5-9-18)30-16-22(28)27-12-6-3-7-13-27/h2,4-5,8-11,14-15H,3,6-7,12-13,16H2,1H3,(H,25,26,29). The lowest BCUT2D eigenvalue weighted by molar-refractivity contribution is -0.134. The first-order valence-corrected chi connectivity index (χ1v) is 11.3. The summed E-state index contributed by atoms with van der Waals surface area (Å²) in [5.74, 6) is 0.555. The van der Waals surface area contributed by atoms with E-state index in [1.165, 1.54) is 11.3 Å². The molecule has 0 saturated carbocycles. The Bertz CT molecular complexity index is 1060. The van der Waals surface area contributed by atoms with E-state index in [-0.39, 0.29) is 18.4 Å². The van der Waals surface area contributed by atoms with E-state index in [9.17, 15) is 9.59 Å². The Morgan fingerprint density at radius 1 is 1.10 bits per heavy atom. The van der Waals surface area contributed by atoms with Gasteiger partial charge < -0.3 is 15.0 Å². The second-order valence-electron chi connectivity index (χ2n) is 7.57. The third-order valence-electron chi connectivity index (χ3n) is 5.18. The Morgan fingerprint density at radius 2 is 1.87 bits per heavy atom. The van der Waals surface area contributed by atoms with Crippen LogP contribution in [0.3, 0.4) is 0 Å². The van der Waals surface area contributed by atoms with Crippen LogP contribution in [0.15, 0.2) is 54.7 Å². The van der Waals surface area contributed by atoms with Crippen LogP contribution < -0.4 is 10.1 Å². The zero-order chi connectivity index (χ0) is 21.6. The second kappa shape index (κ2) is 9.75. The molecule has 2 aromatic heterocycles. The SMILES string of the molecule is Cc1ccnc(NC(=O)c2sc(-c3ccccc3)cc2OCC(=O)N2CCCCC2)c1. The number of pyridine rings is 1. The lowest BCUT2D eigenvalue weighted by atomic mass is 10.1. The van der Waals surface area contributed by atoms with Crippen LogP contribution in [0.1, 0.15) is 34.5 Å². The molecule has 3 aromatic rings. The van der Waals surface area contributed by atoms with Crippen molar-refractivity contribution in [3.63, 3.8) is 0 Å². The number of carbonyl (C=O) groups excluding carboxylic acids is 2. The zero-order valence-corrected chi connectivity index (χ0v) is 18.3. The minimum absolute atomic E-state index is 0.0427. The molecule has 2 amide bonds. The maximum absolute atomic E-state index is 13.0. The first kappa shape index (κ1) is 21.1. The van der Waals surface area contributed by atoms with Crippen molar-refractivity contribution in [2.75, 3.05) is 25.0 Å². The normalized spacial score (nSPS) is 13.6. The van der Waals surface area contributed by atoms with Crippen LogP contribution in [-0.2, 0) is 4.79 Å². The molecule has 0 aliphatic carbocycles. The summed E-state index contributed by atoms with van der Waals surface area (Å²) < 4.78 is 5.87. The van der Waals surface area contributed by atoms with E-state index in [0.29, 0.717) is 16.4 Å². The first-order valence-electron chi connectivity index (χ1n) is 10.4. The molecule has 0 atom stereocenters. The number of benzene rings is 1. The molecule has 0 radical (unpaired) electrons. The summed E-state index contributed by atoms with van der Waals surface area (Å²) >= 11 is 1.34. The van der Waals surface area contributed by atoms with Gasteiger partial charge in [0.2, 0.25) is 0 Å². The van der Waals surface area contributed by atoms with E-state index < -0.39 is 0 Å². The van der Waals surface area contributed by atoms with E-state index in [1.54, 1.807) is 6.20 Å². The monoisotopic (exact) mass is 435 g/mol. The van der Waals surface area contributed by atoms with Gasteiger partial charge in [-0.3, -0.25) is 9.59 Å². The molecule has 1 N–H and O–H groups in total. The minimum atomic E-state index is -0.300. The predicted molar refractivity (Wildman–Crippen MR) is 123 cm³/mol. The molecule has 1 aromatic carbocycles. The Morgan fingerprint density at radius 3 is 2.61 bits per heavy atom. The average Bonchev–Trinajstić information content (AvgIpc) is 3.23. The largest absolute Gasteiger partial charge is 0.482 e. The van der Waals surface area contributed by atoms with Crippen LogP contribution in [0.4, 0.5) is 5.82 Å². The number of thiophene rings is 1. The predicted octanol–water partition coefficient (Wildman–Crippen LogP) is 4.76. The van der Waals surface area contributed by atoms with E-state index in [0.717, 1.165) is 48.4 Å². The third kappa shape index (κ3) is 5.30. The first-order chi connectivity index (χ1) is 15.1. The Hall–Kier alpha value is -3.19. The number of nitrogens with one attached hydrogen (secondary N) is 1. The van der Waals surface area contributed by atoms with E-state index in [4.69, 9.17) is 4.74 Å². The molecule has 0 unspecified atom stereocenters. The van der Waals surface area contributed by atoms with Gasteiger partial charge in [0.15, 0.2) is 6.61 Å². The number of aryl methyl sites for hydroxylation is 1. The maximum Gasteiger partial charge on any atom is 0.270 e. The van der Waals surface area contributed by atoms with Gasteiger partial charge in [0, 0.05) is 24.2 Å². The molecular weight excluding hydrogens is 410 g/mol. The van der Waals surface area contributed by atoms with Crippen LogP contribution in [0, 0.1) is 6.92 Å². The number of piperidine rings is 1. The highest BCUT2D eigenvalue weighted by Crippen LogP contribution is 2.37. The van der Waals surface area contributed by atoms with Crippen molar-refractivity contribution < 1.29 is 14.3 Å². The van der Waals surface area contributed by atoms with Gasteiger partial charge in [-0.2, -0.15) is 0 Å². The number of amides is 2. The fraction of sp³-hybridized carbons (Fsp3) is 0.292. The van der Waals surface area contributed by atoms with Gasteiger partial charge in [-0.15, -0.1) is 11.3 Å². The summed E-state index contributed by atoms with van der Waals surface area (Å²) in [6.07, 6.45) is 4.87. The topological polar surface area (TPSA) is 71.5 Å². The van der Waals surface area contributed by atoms with Crippen LogP contribution in [0.25, 0.3) is 10.4 Å². The minimum Gasteiger partial charge on any atom is -0.482 e. The lowest BCUT2D eigenvalue weighted by Gasteiger charge is -2.26. The van der Waals surface area contributed by atoms with E-state index in [2.05, 4.69) is 10.3 Å². The molecular formula is C24H25N3O3S. The molecule has 160 valence electrons. The highest BCUT2D eigenvalue weighted by atomic mass is 32.1. The molecule has 0 bridgehead atoms. The molecule has 3 heterocycles. The van der Waals surface area contributed by atoms with Crippen molar-refractivity contribution in [2.45, 2.75) is 26.2 Å². The highest BCUT2D eigenvalue weighted by molar-refractivity contribution is 7.17. The second-order valence-corrected chi connectivity index (χ2v) is 8.62. The van der Waals surface area contributed by atoms with Crippen molar-refractivity contribution in [1.82, 2.24) is 9.88 Å². The molecule has 0 spiro atoms. The highest BCUT2D eigenvalue weighted by Gasteiger charge is 2.22. The Balaban J connectivity index is 1.55. The summed E-state index contributed by atoms with van der Waals surface area (Å²) in [6.45, 7) is 3.41. The number of hydrogen-bond acceptors (Lipinski definition) is 5. The summed E-state index contributed by atoms with van der Waals surface area (Å²) in [6, 6.07) is 15.3. The number of ether oxygens (including phenoxy) is 1. The van der Waals surface area contributed by atoms with Crippen molar-refractivity contribution in [3.05, 3.63) is 65.2 Å². The summed E-state index contributed by atoms with van der Waals surface area (Å²) in [4.78, 5) is 32.9. The number of aromatic nitrogens is 1. The number of hydrogen-bond donors (Lipinski definition) is 1. The molecule has 6 nitrogen and oxygen atoms in total. The van der Waals surface area contributed by atoms with Crippen LogP contribution in [-0.4, -0.2) is 41.4 Å². The quantitative estimate of drug-likeness (QED) is 0.606. The average molecular weight is 436 g/mol. The number of likely N-dealkylation sites (tertiary alicyclic amines) is 1. The van der Waals surface area contributed by atoms with Crippen molar-refractivity contribution in [1.29, 1.82) is 0 Å². The van der Waals surface area contributed by atoms with Gasteiger partial charge in [-0.25, -0.2) is 4.98 Å². The Kier molecular flexibility index (Phi) is 6.62. The number of rotatable bonds is 6. The van der Waals surface area contributed by atoms with Gasteiger partial charge in [-0.05, 0) is 55.5 Å². The van der Waals surface area contributed by atoms with Crippen LogP contribution in [0.2, 0.25) is 0 Å². The van der Waals surface area contributed by atoms with Gasteiger partial charge in [0.25, 0.3) is 11.8 Å². The smallest absolute Gasteiger partial charge is 0.270 e. The van der Waals surface area contributed by atoms with Crippen LogP contribution >= 0.6 is 11.3 Å². The maximum atomic E-state index is 13.0. The van der Waals surface area contributed by atoms with Gasteiger partial charge in [-0.1, -0.05) is 30.3 Å². The lowest BCUT2D eigenvalue weighted by Crippen LogP contribution is -2.38. The molecule has 1 aliphatic rings. The summed E-state index contributed by atoms with van der Waals surface area (Å²) in [5.41, 5.74) is 2.00.